The Labute approximate surface area is 126 Å². The predicted molar refractivity (Wildman–Crippen MR) is 69.0 cm³/mol. The van der Waals surface area contributed by atoms with Gasteiger partial charge in [-0.1, -0.05) is 27.7 Å². The van der Waals surface area contributed by atoms with Crippen LogP contribution in [0.5, 0.6) is 0 Å². The summed E-state index contributed by atoms with van der Waals surface area (Å²) in [6.07, 6.45) is -15.2. The molecule has 8 heteroatoms. The number of alkyl halides is 6. The first-order chi connectivity index (χ1) is 9.59. The van der Waals surface area contributed by atoms with Gasteiger partial charge in [0.15, 0.2) is 0 Å². The average molecular weight is 336 g/mol. The van der Waals surface area contributed by atoms with Gasteiger partial charge in [-0.2, -0.15) is 26.3 Å². The molecule has 0 aliphatic rings. The predicted octanol–water partition coefficient (Wildman–Crippen LogP) is 5.12. The number of halogens is 6. The monoisotopic (exact) mass is 336 g/mol. The maximum absolute atomic E-state index is 12.5. The first-order valence-corrected chi connectivity index (χ1v) is 6.94. The standard InChI is InChI=1S/C14H22F6O2/c1-8(2)6-12(5,7-9(3)4)11(21)22-10(13(15,16)17)14(18,19)20/h8-10H,6-7H2,1-5H3. The summed E-state index contributed by atoms with van der Waals surface area (Å²) in [5, 5.41) is 0. The number of carbonyl (C=O) groups is 1. The second-order valence-corrected chi connectivity index (χ2v) is 6.63. The molecule has 0 unspecified atom stereocenters. The Morgan fingerprint density at radius 3 is 1.41 bits per heavy atom. The van der Waals surface area contributed by atoms with Gasteiger partial charge in [-0.25, -0.2) is 0 Å². The topological polar surface area (TPSA) is 26.3 Å². The summed E-state index contributed by atoms with van der Waals surface area (Å²) in [7, 11) is 0. The minimum atomic E-state index is -5.69. The van der Waals surface area contributed by atoms with E-state index in [9.17, 15) is 31.1 Å². The first kappa shape index (κ1) is 21.0. The molecule has 0 rings (SSSR count). The van der Waals surface area contributed by atoms with Crippen molar-refractivity contribution in [2.75, 3.05) is 0 Å². The molecule has 0 aliphatic carbocycles. The summed E-state index contributed by atoms with van der Waals surface area (Å²) < 4.78 is 78.8. The lowest BCUT2D eigenvalue weighted by molar-refractivity contribution is -0.315. The van der Waals surface area contributed by atoms with Gasteiger partial charge in [-0.05, 0) is 31.6 Å². The summed E-state index contributed by atoms with van der Waals surface area (Å²) in [6, 6.07) is 0. The first-order valence-electron chi connectivity index (χ1n) is 6.94. The van der Waals surface area contributed by atoms with Crippen LogP contribution >= 0.6 is 0 Å². The molecule has 0 aromatic carbocycles. The second-order valence-electron chi connectivity index (χ2n) is 6.63. The van der Waals surface area contributed by atoms with E-state index >= 15 is 0 Å². The summed E-state index contributed by atoms with van der Waals surface area (Å²) >= 11 is 0. The van der Waals surface area contributed by atoms with Gasteiger partial charge in [-0.15, -0.1) is 0 Å². The highest BCUT2D eigenvalue weighted by Crippen LogP contribution is 2.40. The molecule has 132 valence electrons. The van der Waals surface area contributed by atoms with E-state index in [2.05, 4.69) is 4.74 Å². The van der Waals surface area contributed by atoms with Crippen LogP contribution in [-0.2, 0) is 9.53 Å². The number of hydrogen-bond acceptors (Lipinski definition) is 2. The third-order valence-electron chi connectivity index (χ3n) is 3.03. The lowest BCUT2D eigenvalue weighted by Crippen LogP contribution is -2.48. The summed E-state index contributed by atoms with van der Waals surface area (Å²) in [5.41, 5.74) is -1.39. The van der Waals surface area contributed by atoms with Gasteiger partial charge < -0.3 is 4.74 Å². The van der Waals surface area contributed by atoms with Crippen LogP contribution < -0.4 is 0 Å². The van der Waals surface area contributed by atoms with Crippen LogP contribution in [0.1, 0.15) is 47.5 Å². The van der Waals surface area contributed by atoms with E-state index in [1.807, 2.05) is 0 Å². The Bertz CT molecular complexity index is 347. The molecule has 0 amide bonds. The smallest absolute Gasteiger partial charge is 0.434 e. The highest BCUT2D eigenvalue weighted by atomic mass is 19.4. The van der Waals surface area contributed by atoms with Crippen molar-refractivity contribution in [2.45, 2.75) is 65.9 Å². The molecule has 0 bridgehead atoms. The molecule has 2 nitrogen and oxygen atoms in total. The fourth-order valence-electron chi connectivity index (χ4n) is 2.62. The molecule has 0 saturated heterocycles. The Hall–Kier alpha value is -0.950. The van der Waals surface area contributed by atoms with Gasteiger partial charge in [0.2, 0.25) is 0 Å². The SMILES string of the molecule is CC(C)CC(C)(CC(C)C)C(=O)OC(C(F)(F)F)C(F)(F)F. The van der Waals surface area contributed by atoms with Crippen molar-refractivity contribution >= 4 is 5.97 Å². The zero-order valence-electron chi connectivity index (χ0n) is 13.2. The summed E-state index contributed by atoms with van der Waals surface area (Å²) in [5.74, 6) is -1.62. The van der Waals surface area contributed by atoms with Crippen molar-refractivity contribution in [3.8, 4) is 0 Å². The minimum absolute atomic E-state index is 0.0773. The average Bonchev–Trinajstić information content (AvgIpc) is 2.19. The van der Waals surface area contributed by atoms with Crippen molar-refractivity contribution in [3.05, 3.63) is 0 Å². The van der Waals surface area contributed by atoms with E-state index in [-0.39, 0.29) is 24.7 Å². The van der Waals surface area contributed by atoms with E-state index < -0.39 is 29.8 Å². The zero-order chi connectivity index (χ0) is 17.9. The lowest BCUT2D eigenvalue weighted by atomic mass is 9.76. The van der Waals surface area contributed by atoms with Crippen molar-refractivity contribution in [2.24, 2.45) is 17.3 Å². The molecule has 0 fully saturated rings. The molecule has 22 heavy (non-hydrogen) atoms. The summed E-state index contributed by atoms with van der Waals surface area (Å²) in [4.78, 5) is 12.0. The van der Waals surface area contributed by atoms with Gasteiger partial charge in [0, 0.05) is 0 Å². The molecular weight excluding hydrogens is 314 g/mol. The van der Waals surface area contributed by atoms with Crippen LogP contribution in [0.2, 0.25) is 0 Å². The molecular formula is C14H22F6O2. The number of rotatable bonds is 6. The zero-order valence-corrected chi connectivity index (χ0v) is 13.2. The van der Waals surface area contributed by atoms with Crippen molar-refractivity contribution in [3.63, 3.8) is 0 Å². The molecule has 0 N–H and O–H groups in total. The summed E-state index contributed by atoms with van der Waals surface area (Å²) in [6.45, 7) is 8.28. The van der Waals surface area contributed by atoms with Crippen LogP contribution in [0.3, 0.4) is 0 Å². The third-order valence-corrected chi connectivity index (χ3v) is 3.03. The van der Waals surface area contributed by atoms with Gasteiger partial charge >= 0.3 is 18.3 Å². The number of ether oxygens (including phenoxy) is 1. The molecule has 0 heterocycles. The van der Waals surface area contributed by atoms with E-state index in [0.717, 1.165) is 0 Å². The minimum Gasteiger partial charge on any atom is -0.442 e. The molecule has 0 atom stereocenters. The van der Waals surface area contributed by atoms with E-state index in [1.165, 1.54) is 6.92 Å². The highest BCUT2D eigenvalue weighted by molar-refractivity contribution is 5.76. The Balaban J connectivity index is 5.39. The van der Waals surface area contributed by atoms with Crippen molar-refractivity contribution in [1.29, 1.82) is 0 Å². The Kier molecular flexibility index (Phi) is 6.78. The number of hydrogen-bond donors (Lipinski definition) is 0. The quantitative estimate of drug-likeness (QED) is 0.497. The molecule has 0 saturated carbocycles. The Morgan fingerprint density at radius 2 is 1.18 bits per heavy atom. The number of carbonyl (C=O) groups excluding carboxylic acids is 1. The van der Waals surface area contributed by atoms with E-state index in [1.54, 1.807) is 27.7 Å². The van der Waals surface area contributed by atoms with Crippen molar-refractivity contribution < 1.29 is 35.9 Å². The van der Waals surface area contributed by atoms with Crippen LogP contribution in [0, 0.1) is 17.3 Å². The second kappa shape index (κ2) is 7.08. The van der Waals surface area contributed by atoms with Gasteiger partial charge in [0.1, 0.15) is 0 Å². The Morgan fingerprint density at radius 1 is 0.864 bits per heavy atom. The van der Waals surface area contributed by atoms with Crippen LogP contribution in [0.15, 0.2) is 0 Å². The van der Waals surface area contributed by atoms with E-state index in [4.69, 9.17) is 0 Å². The maximum atomic E-state index is 12.5. The van der Waals surface area contributed by atoms with Crippen LogP contribution in [0.4, 0.5) is 26.3 Å². The van der Waals surface area contributed by atoms with Crippen molar-refractivity contribution in [1.82, 2.24) is 0 Å². The normalized spacial score (nSPS) is 14.1. The van der Waals surface area contributed by atoms with Gasteiger partial charge in [-0.3, -0.25) is 4.79 Å². The van der Waals surface area contributed by atoms with Gasteiger partial charge in [0.05, 0.1) is 5.41 Å². The number of esters is 1. The molecule has 0 aromatic heterocycles. The molecule has 0 aliphatic heterocycles. The van der Waals surface area contributed by atoms with Crippen LogP contribution in [0.25, 0.3) is 0 Å². The van der Waals surface area contributed by atoms with Crippen LogP contribution in [-0.4, -0.2) is 24.4 Å². The maximum Gasteiger partial charge on any atom is 0.434 e. The highest BCUT2D eigenvalue weighted by Gasteiger charge is 2.60. The fourth-order valence-corrected chi connectivity index (χ4v) is 2.62. The molecule has 0 radical (unpaired) electrons. The largest absolute Gasteiger partial charge is 0.442 e. The van der Waals surface area contributed by atoms with Gasteiger partial charge in [0.25, 0.3) is 6.10 Å². The third kappa shape index (κ3) is 6.44. The molecule has 0 spiro atoms. The fraction of sp³-hybridized carbons (Fsp3) is 0.929. The van der Waals surface area contributed by atoms with E-state index in [0.29, 0.717) is 0 Å². The molecule has 0 aromatic rings. The lowest BCUT2D eigenvalue weighted by Gasteiger charge is -2.33.